The predicted molar refractivity (Wildman–Crippen MR) is 103 cm³/mol. The number of aromatic carboxylic acids is 1. The number of hydrogen-bond acceptors (Lipinski definition) is 4. The molecule has 0 atom stereocenters. The molecular weight excluding hydrogens is 344 g/mol. The Labute approximate surface area is 158 Å². The summed E-state index contributed by atoms with van der Waals surface area (Å²) in [7, 11) is 0. The highest BCUT2D eigenvalue weighted by molar-refractivity contribution is 5.92. The van der Waals surface area contributed by atoms with Gasteiger partial charge in [0, 0.05) is 19.8 Å². The zero-order valence-electron chi connectivity index (χ0n) is 15.6. The van der Waals surface area contributed by atoms with Gasteiger partial charge in [-0.2, -0.15) is 0 Å². The first kappa shape index (κ1) is 18.9. The second-order valence-corrected chi connectivity index (χ2v) is 6.34. The molecule has 0 saturated carbocycles. The molecule has 1 heterocycles. The van der Waals surface area contributed by atoms with Gasteiger partial charge in [0.05, 0.1) is 16.6 Å². The third kappa shape index (κ3) is 4.65. The first-order chi connectivity index (χ1) is 13.1. The van der Waals surface area contributed by atoms with E-state index in [2.05, 4.69) is 9.55 Å². The van der Waals surface area contributed by atoms with Crippen LogP contribution in [0.1, 0.15) is 35.1 Å². The van der Waals surface area contributed by atoms with Crippen LogP contribution in [0.4, 0.5) is 0 Å². The Bertz CT molecular complexity index is 916. The van der Waals surface area contributed by atoms with Crippen LogP contribution < -0.4 is 4.74 Å². The second-order valence-electron chi connectivity index (χ2n) is 6.34. The van der Waals surface area contributed by atoms with E-state index < -0.39 is 5.97 Å². The molecule has 6 nitrogen and oxygen atoms in total. The molecule has 1 N–H and O–H groups in total. The van der Waals surface area contributed by atoms with Crippen molar-refractivity contribution in [3.8, 4) is 5.75 Å². The van der Waals surface area contributed by atoms with Crippen LogP contribution >= 0.6 is 0 Å². The monoisotopic (exact) mass is 368 g/mol. The van der Waals surface area contributed by atoms with Gasteiger partial charge >= 0.3 is 5.97 Å². The van der Waals surface area contributed by atoms with Crippen LogP contribution in [0.3, 0.4) is 0 Å². The lowest BCUT2D eigenvalue weighted by atomic mass is 10.2. The molecule has 2 aromatic carbocycles. The van der Waals surface area contributed by atoms with Crippen molar-refractivity contribution in [1.29, 1.82) is 0 Å². The number of fused-ring (bicyclic) bond motifs is 1. The van der Waals surface area contributed by atoms with Gasteiger partial charge in [-0.05, 0) is 50.6 Å². The molecule has 0 aliphatic heterocycles. The summed E-state index contributed by atoms with van der Waals surface area (Å²) in [4.78, 5) is 15.9. The zero-order chi connectivity index (χ0) is 19.2. The van der Waals surface area contributed by atoms with Crippen LogP contribution in [0.25, 0.3) is 11.0 Å². The Morgan fingerprint density at radius 3 is 2.67 bits per heavy atom. The SMILES string of the molecule is CCOCCCn1c(COc2ccc(C)cc2)nc2cc(C(=O)O)ccc21. The van der Waals surface area contributed by atoms with Crippen molar-refractivity contribution in [2.24, 2.45) is 0 Å². The highest BCUT2D eigenvalue weighted by Crippen LogP contribution is 2.21. The van der Waals surface area contributed by atoms with Crippen LogP contribution in [-0.2, 0) is 17.9 Å². The number of aromatic nitrogens is 2. The van der Waals surface area contributed by atoms with E-state index >= 15 is 0 Å². The van der Waals surface area contributed by atoms with Gasteiger partial charge in [-0.1, -0.05) is 17.7 Å². The maximum Gasteiger partial charge on any atom is 0.335 e. The summed E-state index contributed by atoms with van der Waals surface area (Å²) < 4.78 is 13.4. The Morgan fingerprint density at radius 1 is 1.19 bits per heavy atom. The number of hydrogen-bond donors (Lipinski definition) is 1. The molecule has 0 spiro atoms. The molecule has 0 bridgehead atoms. The molecule has 142 valence electrons. The van der Waals surface area contributed by atoms with E-state index in [4.69, 9.17) is 9.47 Å². The smallest absolute Gasteiger partial charge is 0.335 e. The van der Waals surface area contributed by atoms with Gasteiger partial charge in [-0.3, -0.25) is 0 Å². The normalized spacial score (nSPS) is 11.0. The van der Waals surface area contributed by atoms with Crippen molar-refractivity contribution >= 4 is 17.0 Å². The number of carboxylic acids is 1. The van der Waals surface area contributed by atoms with Crippen LogP contribution in [0.2, 0.25) is 0 Å². The number of rotatable bonds is 9. The van der Waals surface area contributed by atoms with Crippen molar-refractivity contribution in [2.75, 3.05) is 13.2 Å². The summed E-state index contributed by atoms with van der Waals surface area (Å²) in [6.07, 6.45) is 0.845. The molecule has 0 aliphatic rings. The fourth-order valence-electron chi connectivity index (χ4n) is 2.92. The molecule has 0 aliphatic carbocycles. The lowest BCUT2D eigenvalue weighted by Gasteiger charge is -2.11. The van der Waals surface area contributed by atoms with Gasteiger partial charge in [0.15, 0.2) is 0 Å². The van der Waals surface area contributed by atoms with E-state index in [0.717, 1.165) is 30.1 Å². The molecular formula is C21H24N2O4. The van der Waals surface area contributed by atoms with Crippen LogP contribution in [-0.4, -0.2) is 33.8 Å². The standard InChI is InChI=1S/C21H24N2O4/c1-3-26-12-4-11-23-19-10-7-16(21(24)25)13-18(19)22-20(23)14-27-17-8-5-15(2)6-9-17/h5-10,13H,3-4,11-12,14H2,1-2H3,(H,24,25). The van der Waals surface area contributed by atoms with Crippen molar-refractivity contribution in [3.63, 3.8) is 0 Å². The first-order valence-electron chi connectivity index (χ1n) is 9.08. The van der Waals surface area contributed by atoms with E-state index in [1.54, 1.807) is 12.1 Å². The van der Waals surface area contributed by atoms with E-state index in [1.165, 1.54) is 5.56 Å². The topological polar surface area (TPSA) is 73.6 Å². The van der Waals surface area contributed by atoms with E-state index in [1.807, 2.05) is 44.2 Å². The Balaban J connectivity index is 1.85. The molecule has 0 amide bonds. The van der Waals surface area contributed by atoms with Crippen LogP contribution in [0.15, 0.2) is 42.5 Å². The number of benzene rings is 2. The molecule has 0 radical (unpaired) electrons. The molecule has 0 fully saturated rings. The lowest BCUT2D eigenvalue weighted by Crippen LogP contribution is -2.09. The fourth-order valence-corrected chi connectivity index (χ4v) is 2.92. The Hall–Kier alpha value is -2.86. The third-order valence-corrected chi connectivity index (χ3v) is 4.34. The molecule has 27 heavy (non-hydrogen) atoms. The zero-order valence-corrected chi connectivity index (χ0v) is 15.6. The summed E-state index contributed by atoms with van der Waals surface area (Å²) >= 11 is 0. The fraction of sp³-hybridized carbons (Fsp3) is 0.333. The third-order valence-electron chi connectivity index (χ3n) is 4.34. The highest BCUT2D eigenvalue weighted by atomic mass is 16.5. The quantitative estimate of drug-likeness (QED) is 0.577. The summed E-state index contributed by atoms with van der Waals surface area (Å²) in [5.41, 5.74) is 2.96. The van der Waals surface area contributed by atoms with Crippen molar-refractivity contribution in [3.05, 3.63) is 59.4 Å². The van der Waals surface area contributed by atoms with Crippen molar-refractivity contribution in [2.45, 2.75) is 33.4 Å². The van der Waals surface area contributed by atoms with Gasteiger partial charge in [0.25, 0.3) is 0 Å². The first-order valence-corrected chi connectivity index (χ1v) is 9.08. The Kier molecular flexibility index (Phi) is 6.08. The minimum Gasteiger partial charge on any atom is -0.486 e. The molecule has 0 saturated heterocycles. The maximum atomic E-state index is 11.2. The number of imidazole rings is 1. The van der Waals surface area contributed by atoms with Crippen LogP contribution in [0, 0.1) is 6.92 Å². The number of ether oxygens (including phenoxy) is 2. The van der Waals surface area contributed by atoms with Gasteiger partial charge in [0.1, 0.15) is 18.2 Å². The van der Waals surface area contributed by atoms with Gasteiger partial charge in [-0.25, -0.2) is 9.78 Å². The van der Waals surface area contributed by atoms with E-state index in [0.29, 0.717) is 25.3 Å². The largest absolute Gasteiger partial charge is 0.486 e. The summed E-state index contributed by atoms with van der Waals surface area (Å²) in [6, 6.07) is 12.9. The minimum atomic E-state index is -0.958. The number of nitrogens with zero attached hydrogens (tertiary/aromatic N) is 2. The number of carbonyl (C=O) groups is 1. The van der Waals surface area contributed by atoms with Gasteiger partial charge < -0.3 is 19.1 Å². The van der Waals surface area contributed by atoms with Crippen LogP contribution in [0.5, 0.6) is 5.75 Å². The minimum absolute atomic E-state index is 0.229. The van der Waals surface area contributed by atoms with Gasteiger partial charge in [-0.15, -0.1) is 0 Å². The average Bonchev–Trinajstić information content (AvgIpc) is 3.01. The second kappa shape index (κ2) is 8.68. The number of carboxylic acid groups (broad SMARTS) is 1. The lowest BCUT2D eigenvalue weighted by molar-refractivity contribution is 0.0697. The summed E-state index contributed by atoms with van der Waals surface area (Å²) in [5.74, 6) is 0.588. The maximum absolute atomic E-state index is 11.2. The molecule has 1 aromatic heterocycles. The highest BCUT2D eigenvalue weighted by Gasteiger charge is 2.14. The summed E-state index contributed by atoms with van der Waals surface area (Å²) in [5, 5.41) is 9.22. The average molecular weight is 368 g/mol. The summed E-state index contributed by atoms with van der Waals surface area (Å²) in [6.45, 7) is 6.41. The molecule has 3 aromatic rings. The van der Waals surface area contributed by atoms with Crippen molar-refractivity contribution in [1.82, 2.24) is 9.55 Å². The number of aryl methyl sites for hydroxylation is 2. The predicted octanol–water partition coefficient (Wildman–Crippen LogP) is 4.05. The molecule has 3 rings (SSSR count). The molecule has 6 heteroatoms. The Morgan fingerprint density at radius 2 is 1.96 bits per heavy atom. The molecule has 0 unspecified atom stereocenters. The van der Waals surface area contributed by atoms with Gasteiger partial charge in [0.2, 0.25) is 0 Å². The van der Waals surface area contributed by atoms with Crippen molar-refractivity contribution < 1.29 is 19.4 Å². The van der Waals surface area contributed by atoms with E-state index in [9.17, 15) is 9.90 Å². The van der Waals surface area contributed by atoms with E-state index in [-0.39, 0.29) is 5.56 Å².